The van der Waals surface area contributed by atoms with E-state index in [1.54, 1.807) is 6.08 Å². The van der Waals surface area contributed by atoms with Crippen molar-refractivity contribution in [2.24, 2.45) is 0 Å². The van der Waals surface area contributed by atoms with Crippen molar-refractivity contribution in [1.29, 1.82) is 0 Å². The summed E-state index contributed by atoms with van der Waals surface area (Å²) < 4.78 is 22.5. The highest BCUT2D eigenvalue weighted by Gasteiger charge is 2.30. The van der Waals surface area contributed by atoms with E-state index >= 15 is 0 Å². The van der Waals surface area contributed by atoms with E-state index in [2.05, 4.69) is 5.32 Å². The van der Waals surface area contributed by atoms with Crippen LogP contribution in [0.25, 0.3) is 0 Å². The molecule has 1 atom stereocenters. The number of hydrogen-bond acceptors (Lipinski definition) is 4. The number of hydrogen-bond donors (Lipinski definition) is 2. The zero-order valence-electron chi connectivity index (χ0n) is 10.1. The average molecular weight is 259 g/mol. The van der Waals surface area contributed by atoms with Crippen LogP contribution in [0.5, 0.6) is 0 Å². The van der Waals surface area contributed by atoms with E-state index < -0.39 is 15.4 Å². The molecule has 4 nitrogen and oxygen atoms in total. The molecule has 0 aromatic heterocycles. The third-order valence-electron chi connectivity index (χ3n) is 3.66. The van der Waals surface area contributed by atoms with Gasteiger partial charge < -0.3 is 10.4 Å². The molecule has 0 aromatic carbocycles. The van der Waals surface area contributed by atoms with E-state index in [-0.39, 0.29) is 11.8 Å². The monoisotopic (exact) mass is 259 g/mol. The van der Waals surface area contributed by atoms with E-state index in [9.17, 15) is 13.5 Å². The summed E-state index contributed by atoms with van der Waals surface area (Å²) in [5, 5.41) is 14.8. The van der Waals surface area contributed by atoms with Crippen LogP contribution < -0.4 is 5.32 Å². The lowest BCUT2D eigenvalue weighted by Gasteiger charge is -2.28. The molecule has 1 heterocycles. The normalized spacial score (nSPS) is 31.2. The molecule has 2 aliphatic rings. The van der Waals surface area contributed by atoms with Crippen LogP contribution in [0.1, 0.15) is 38.5 Å². The highest BCUT2D eigenvalue weighted by molar-refractivity contribution is 7.94. The summed E-state index contributed by atoms with van der Waals surface area (Å²) >= 11 is 0. The van der Waals surface area contributed by atoms with Crippen LogP contribution in [0.15, 0.2) is 11.5 Å². The topological polar surface area (TPSA) is 66.4 Å². The van der Waals surface area contributed by atoms with E-state index in [1.807, 2.05) is 0 Å². The molecular weight excluding hydrogens is 238 g/mol. The Morgan fingerprint density at radius 2 is 1.88 bits per heavy atom. The quantitative estimate of drug-likeness (QED) is 0.741. The molecule has 17 heavy (non-hydrogen) atoms. The first-order chi connectivity index (χ1) is 7.99. The molecule has 98 valence electrons. The average Bonchev–Trinajstić information content (AvgIpc) is 2.47. The molecule has 1 aliphatic heterocycles. The predicted molar refractivity (Wildman–Crippen MR) is 67.4 cm³/mol. The van der Waals surface area contributed by atoms with Crippen LogP contribution >= 0.6 is 0 Å². The van der Waals surface area contributed by atoms with Crippen LogP contribution in [0, 0.1) is 0 Å². The van der Waals surface area contributed by atoms with Crippen LogP contribution in [0.2, 0.25) is 0 Å². The number of aliphatic hydroxyl groups is 1. The van der Waals surface area contributed by atoms with Gasteiger partial charge in [0.25, 0.3) is 0 Å². The molecule has 0 bridgehead atoms. The van der Waals surface area contributed by atoms with Crippen molar-refractivity contribution in [2.45, 2.75) is 50.2 Å². The fourth-order valence-corrected chi connectivity index (χ4v) is 3.86. The number of rotatable bonds is 3. The lowest BCUT2D eigenvalue weighted by molar-refractivity contribution is 0.0244. The Balaban J connectivity index is 1.83. The molecule has 1 fully saturated rings. The summed E-state index contributed by atoms with van der Waals surface area (Å²) in [6.45, 7) is 0.498. The molecule has 1 saturated carbocycles. The fourth-order valence-electron chi connectivity index (χ4n) is 2.59. The third kappa shape index (κ3) is 3.79. The maximum atomic E-state index is 11.2. The Hall–Kier alpha value is -0.390. The molecule has 0 spiro atoms. The lowest BCUT2D eigenvalue weighted by atomic mass is 9.94. The summed E-state index contributed by atoms with van der Waals surface area (Å²) in [5.41, 5.74) is -0.642. The fraction of sp³-hybridized carbons (Fsp3) is 0.833. The first-order valence-electron chi connectivity index (χ1n) is 6.36. The summed E-state index contributed by atoms with van der Waals surface area (Å²) in [5.74, 6) is 0.128. The van der Waals surface area contributed by atoms with Gasteiger partial charge in [0.2, 0.25) is 0 Å². The minimum absolute atomic E-state index is 0.128. The van der Waals surface area contributed by atoms with E-state index in [0.29, 0.717) is 6.54 Å². The van der Waals surface area contributed by atoms with Gasteiger partial charge in [-0.25, -0.2) is 8.42 Å². The number of sulfone groups is 1. The van der Waals surface area contributed by atoms with Gasteiger partial charge in [-0.3, -0.25) is 0 Å². The molecule has 0 radical (unpaired) electrons. The predicted octanol–water partition coefficient (Wildman–Crippen LogP) is 0.972. The van der Waals surface area contributed by atoms with Gasteiger partial charge in [0.15, 0.2) is 9.84 Å². The standard InChI is InChI=1S/C12H21NO3S/c14-12(6-3-1-2-4-7-12)10-13-11-5-8-17(15,16)9-11/h5,8,11,13-14H,1-4,6-7,9-10H2. The van der Waals surface area contributed by atoms with Crippen molar-refractivity contribution >= 4 is 9.84 Å². The Labute approximate surface area is 103 Å². The molecule has 0 amide bonds. The molecule has 1 aliphatic carbocycles. The molecule has 2 rings (SSSR count). The highest BCUT2D eigenvalue weighted by atomic mass is 32.2. The van der Waals surface area contributed by atoms with Crippen molar-refractivity contribution in [1.82, 2.24) is 5.32 Å². The SMILES string of the molecule is O=S1(=O)C=CC(NCC2(O)CCCCCC2)C1. The minimum atomic E-state index is -3.00. The van der Waals surface area contributed by atoms with Crippen molar-refractivity contribution in [3.05, 3.63) is 11.5 Å². The zero-order valence-corrected chi connectivity index (χ0v) is 10.9. The number of nitrogens with one attached hydrogen (secondary N) is 1. The van der Waals surface area contributed by atoms with Gasteiger partial charge in [-0.15, -0.1) is 0 Å². The third-order valence-corrected chi connectivity index (χ3v) is 5.05. The van der Waals surface area contributed by atoms with Crippen molar-refractivity contribution in [2.75, 3.05) is 12.3 Å². The highest BCUT2D eigenvalue weighted by Crippen LogP contribution is 2.26. The minimum Gasteiger partial charge on any atom is -0.389 e. The van der Waals surface area contributed by atoms with Crippen molar-refractivity contribution in [3.63, 3.8) is 0 Å². The lowest BCUT2D eigenvalue weighted by Crippen LogP contribution is -2.44. The van der Waals surface area contributed by atoms with Gasteiger partial charge in [-0.2, -0.15) is 0 Å². The Morgan fingerprint density at radius 3 is 2.41 bits per heavy atom. The van der Waals surface area contributed by atoms with Crippen LogP contribution in [-0.4, -0.2) is 37.5 Å². The molecule has 0 aromatic rings. The van der Waals surface area contributed by atoms with Crippen molar-refractivity contribution in [3.8, 4) is 0 Å². The first-order valence-corrected chi connectivity index (χ1v) is 8.07. The van der Waals surface area contributed by atoms with Crippen molar-refractivity contribution < 1.29 is 13.5 Å². The first kappa shape index (κ1) is 13.1. The van der Waals surface area contributed by atoms with Gasteiger partial charge in [0.05, 0.1) is 11.4 Å². The van der Waals surface area contributed by atoms with Crippen LogP contribution in [0.3, 0.4) is 0 Å². The second kappa shape index (κ2) is 5.08. The zero-order chi connectivity index (χ0) is 12.4. The Kier molecular flexibility index (Phi) is 3.90. The largest absolute Gasteiger partial charge is 0.389 e. The summed E-state index contributed by atoms with van der Waals surface area (Å²) in [6, 6.07) is -0.132. The molecule has 5 heteroatoms. The van der Waals surface area contributed by atoms with E-state index in [4.69, 9.17) is 0 Å². The van der Waals surface area contributed by atoms with E-state index in [1.165, 1.54) is 18.2 Å². The molecule has 1 unspecified atom stereocenters. The van der Waals surface area contributed by atoms with Gasteiger partial charge >= 0.3 is 0 Å². The Morgan fingerprint density at radius 1 is 1.24 bits per heavy atom. The van der Waals surface area contributed by atoms with Gasteiger partial charge in [0.1, 0.15) is 0 Å². The van der Waals surface area contributed by atoms with Crippen LogP contribution in [0.4, 0.5) is 0 Å². The maximum absolute atomic E-state index is 11.2. The van der Waals surface area contributed by atoms with Crippen LogP contribution in [-0.2, 0) is 9.84 Å². The second-order valence-corrected chi connectivity index (χ2v) is 7.22. The molecular formula is C12H21NO3S. The van der Waals surface area contributed by atoms with Gasteiger partial charge in [-0.05, 0) is 12.8 Å². The Bertz CT molecular complexity index is 381. The van der Waals surface area contributed by atoms with Gasteiger partial charge in [-0.1, -0.05) is 31.8 Å². The smallest absolute Gasteiger partial charge is 0.173 e. The summed E-state index contributed by atoms with van der Waals surface area (Å²) in [4.78, 5) is 0. The van der Waals surface area contributed by atoms with Gasteiger partial charge in [0, 0.05) is 18.0 Å². The summed E-state index contributed by atoms with van der Waals surface area (Å²) in [6.07, 6.45) is 7.84. The molecule has 2 N–H and O–H groups in total. The summed E-state index contributed by atoms with van der Waals surface area (Å²) in [7, 11) is -3.00. The van der Waals surface area contributed by atoms with E-state index in [0.717, 1.165) is 25.7 Å². The maximum Gasteiger partial charge on any atom is 0.173 e. The molecule has 0 saturated heterocycles. The second-order valence-electron chi connectivity index (χ2n) is 5.28.